The zero-order chi connectivity index (χ0) is 29.5. The minimum Gasteiger partial charge on any atom is -0.200 e. The van der Waals surface area contributed by atoms with Crippen molar-refractivity contribution in [3.8, 4) is 33.6 Å². The molecule has 0 bridgehead atoms. The van der Waals surface area contributed by atoms with Gasteiger partial charge in [0.25, 0.3) is 0 Å². The van der Waals surface area contributed by atoms with Crippen LogP contribution in [0.4, 0.5) is 0 Å². The van der Waals surface area contributed by atoms with Crippen LogP contribution in [-0.2, 0) is 25.3 Å². The number of aryl methyl sites for hydroxylation is 2. The lowest BCUT2D eigenvalue weighted by Gasteiger charge is -2.42. The van der Waals surface area contributed by atoms with Crippen molar-refractivity contribution in [2.45, 2.75) is 77.2 Å². The van der Waals surface area contributed by atoms with Crippen molar-refractivity contribution < 1.29 is 9.13 Å². The van der Waals surface area contributed by atoms with Gasteiger partial charge in [-0.05, 0) is 71.2 Å². The molecule has 3 aliphatic rings. The van der Waals surface area contributed by atoms with E-state index in [-0.39, 0.29) is 5.41 Å². The average molecular weight is 563 g/mol. The summed E-state index contributed by atoms with van der Waals surface area (Å²) in [6.45, 7) is 9.57. The molecule has 0 saturated carbocycles. The Bertz CT molecular complexity index is 1910. The van der Waals surface area contributed by atoms with E-state index < -0.39 is 0 Å². The molecule has 0 saturated heterocycles. The summed E-state index contributed by atoms with van der Waals surface area (Å²) in [5, 5.41) is 0. The molecule has 2 aromatic heterocycles. The average Bonchev–Trinajstić information content (AvgIpc) is 3.60. The Balaban J connectivity index is 1.30. The number of hydrogen-bond acceptors (Lipinski definition) is 0. The summed E-state index contributed by atoms with van der Waals surface area (Å²) in [5.41, 5.74) is 19.1. The summed E-state index contributed by atoms with van der Waals surface area (Å²) in [6, 6.07) is 30.5. The molecule has 2 unspecified atom stereocenters. The highest BCUT2D eigenvalue weighted by Gasteiger charge is 2.53. The molecule has 5 aromatic rings. The number of hydrogen-bond donors (Lipinski definition) is 0. The molecule has 43 heavy (non-hydrogen) atoms. The summed E-state index contributed by atoms with van der Waals surface area (Å²) >= 11 is 0. The van der Waals surface area contributed by atoms with Gasteiger partial charge in [-0.15, -0.1) is 0 Å². The molecular formula is C41H42N2+2. The van der Waals surface area contributed by atoms with E-state index in [0.29, 0.717) is 12.0 Å². The van der Waals surface area contributed by atoms with Gasteiger partial charge >= 0.3 is 0 Å². The maximum absolute atomic E-state index is 2.70. The van der Waals surface area contributed by atoms with Gasteiger partial charge < -0.3 is 0 Å². The highest BCUT2D eigenvalue weighted by atomic mass is 15.0. The molecule has 0 N–H and O–H groups in total. The SMILES string of the molecule is CCC1(CC)c2cccc3c2-c2c(ccc[n+]2C1CC(C)c1ccc(-c2ccccc2)c2c1-c1c(cc(C)c[n+]1C)C2)C3. The van der Waals surface area contributed by atoms with Gasteiger partial charge in [0.05, 0.1) is 16.5 Å². The topological polar surface area (TPSA) is 7.76 Å². The minimum absolute atomic E-state index is 0.118. The zero-order valence-electron chi connectivity index (χ0n) is 26.2. The van der Waals surface area contributed by atoms with Crippen molar-refractivity contribution in [1.82, 2.24) is 0 Å². The molecule has 2 nitrogen and oxygen atoms in total. The largest absolute Gasteiger partial charge is 0.216 e. The molecule has 0 amide bonds. The summed E-state index contributed by atoms with van der Waals surface area (Å²) < 4.78 is 5.09. The molecule has 8 rings (SSSR count). The van der Waals surface area contributed by atoms with E-state index in [1.165, 1.54) is 67.0 Å². The maximum Gasteiger partial charge on any atom is 0.216 e. The molecule has 2 aliphatic carbocycles. The van der Waals surface area contributed by atoms with Gasteiger partial charge in [-0.1, -0.05) is 81.4 Å². The second kappa shape index (κ2) is 9.74. The maximum atomic E-state index is 2.70. The number of rotatable bonds is 6. The molecule has 2 heteroatoms. The van der Waals surface area contributed by atoms with E-state index >= 15 is 0 Å². The molecule has 2 atom stereocenters. The predicted molar refractivity (Wildman–Crippen MR) is 175 cm³/mol. The van der Waals surface area contributed by atoms with Crippen LogP contribution >= 0.6 is 0 Å². The van der Waals surface area contributed by atoms with Gasteiger partial charge in [0.1, 0.15) is 7.05 Å². The Morgan fingerprint density at radius 2 is 1.60 bits per heavy atom. The van der Waals surface area contributed by atoms with E-state index in [1.54, 1.807) is 5.56 Å². The summed E-state index contributed by atoms with van der Waals surface area (Å²) in [7, 11) is 2.24. The van der Waals surface area contributed by atoms with Crippen LogP contribution in [0.25, 0.3) is 33.6 Å². The lowest BCUT2D eigenvalue weighted by Crippen LogP contribution is -2.56. The second-order valence-electron chi connectivity index (χ2n) is 13.4. The molecule has 0 spiro atoms. The normalized spacial score (nSPS) is 17.4. The van der Waals surface area contributed by atoms with E-state index in [1.807, 2.05) is 0 Å². The van der Waals surface area contributed by atoms with E-state index in [0.717, 1.165) is 32.1 Å². The predicted octanol–water partition coefficient (Wildman–Crippen LogP) is 8.72. The highest BCUT2D eigenvalue weighted by molar-refractivity contribution is 5.84. The van der Waals surface area contributed by atoms with Crippen LogP contribution in [0.5, 0.6) is 0 Å². The molecule has 0 fully saturated rings. The Morgan fingerprint density at radius 3 is 2.40 bits per heavy atom. The fourth-order valence-corrected chi connectivity index (χ4v) is 9.33. The highest BCUT2D eigenvalue weighted by Crippen LogP contribution is 2.54. The van der Waals surface area contributed by atoms with Gasteiger partial charge in [0.2, 0.25) is 11.4 Å². The molecule has 214 valence electrons. The Labute approximate surface area is 256 Å². The first kappa shape index (κ1) is 26.6. The number of pyridine rings is 2. The Hall–Kier alpha value is -4.04. The molecule has 3 heterocycles. The van der Waals surface area contributed by atoms with Crippen LogP contribution in [0.1, 0.15) is 90.9 Å². The van der Waals surface area contributed by atoms with Crippen molar-refractivity contribution >= 4 is 0 Å². The first-order valence-electron chi connectivity index (χ1n) is 16.3. The number of aromatic nitrogens is 2. The molecular weight excluding hydrogens is 520 g/mol. The number of benzene rings is 3. The van der Waals surface area contributed by atoms with Crippen molar-refractivity contribution in [3.05, 3.63) is 130 Å². The van der Waals surface area contributed by atoms with E-state index in [2.05, 4.69) is 135 Å². The molecule has 3 aromatic carbocycles. The second-order valence-corrected chi connectivity index (χ2v) is 13.4. The fourth-order valence-electron chi connectivity index (χ4n) is 9.33. The fraction of sp³-hybridized carbons (Fsp3) is 0.317. The Morgan fingerprint density at radius 1 is 0.814 bits per heavy atom. The molecule has 0 radical (unpaired) electrons. The number of fused-ring (bicyclic) bond motifs is 3. The van der Waals surface area contributed by atoms with Crippen LogP contribution in [-0.4, -0.2) is 0 Å². The third-order valence-electron chi connectivity index (χ3n) is 11.2. The van der Waals surface area contributed by atoms with E-state index in [4.69, 9.17) is 0 Å². The van der Waals surface area contributed by atoms with Crippen LogP contribution in [0.2, 0.25) is 0 Å². The zero-order valence-corrected chi connectivity index (χ0v) is 26.2. The van der Waals surface area contributed by atoms with Crippen molar-refractivity contribution in [1.29, 1.82) is 0 Å². The van der Waals surface area contributed by atoms with Crippen molar-refractivity contribution in [2.75, 3.05) is 0 Å². The van der Waals surface area contributed by atoms with Gasteiger partial charge in [-0.25, -0.2) is 4.57 Å². The lowest BCUT2D eigenvalue weighted by molar-refractivity contribution is -0.726. The summed E-state index contributed by atoms with van der Waals surface area (Å²) in [6.07, 6.45) is 10.2. The summed E-state index contributed by atoms with van der Waals surface area (Å²) in [4.78, 5) is 0. The van der Waals surface area contributed by atoms with Gasteiger partial charge in [-0.3, -0.25) is 0 Å². The lowest BCUT2D eigenvalue weighted by atomic mass is 9.63. The van der Waals surface area contributed by atoms with Crippen molar-refractivity contribution in [3.63, 3.8) is 0 Å². The van der Waals surface area contributed by atoms with Crippen molar-refractivity contribution in [2.24, 2.45) is 7.05 Å². The summed E-state index contributed by atoms with van der Waals surface area (Å²) in [5.74, 6) is 0.405. The Kier molecular flexibility index (Phi) is 6.02. The third kappa shape index (κ3) is 3.71. The quantitative estimate of drug-likeness (QED) is 0.179. The van der Waals surface area contributed by atoms with E-state index in [9.17, 15) is 0 Å². The first-order chi connectivity index (χ1) is 20.9. The van der Waals surface area contributed by atoms with Crippen LogP contribution in [0, 0.1) is 6.92 Å². The van der Waals surface area contributed by atoms with Crippen LogP contribution in [0.15, 0.2) is 91.3 Å². The standard InChI is InChI=1S/C41H42N2/c1-6-41(7-2)35-17-11-15-29-23-30-16-12-20-43(40(30)37(29)35)36(41)22-27(4)32-18-19-33(28-13-9-8-10-14-28)34-24-31-21-26(3)25-42(5)39(31)38(32)34/h8-21,25,27,36H,6-7,22-24H2,1-5H3/q+2. The van der Waals surface area contributed by atoms with Crippen LogP contribution in [0.3, 0.4) is 0 Å². The monoisotopic (exact) mass is 562 g/mol. The first-order valence-corrected chi connectivity index (χ1v) is 16.3. The van der Waals surface area contributed by atoms with Gasteiger partial charge in [0.15, 0.2) is 18.4 Å². The number of nitrogens with zero attached hydrogens (tertiary/aromatic N) is 2. The van der Waals surface area contributed by atoms with Gasteiger partial charge in [-0.2, -0.15) is 4.57 Å². The van der Waals surface area contributed by atoms with Gasteiger partial charge in [0, 0.05) is 42.0 Å². The molecule has 1 aliphatic heterocycles. The van der Waals surface area contributed by atoms with Crippen LogP contribution < -0.4 is 9.13 Å². The smallest absolute Gasteiger partial charge is 0.200 e. The third-order valence-corrected chi connectivity index (χ3v) is 11.2. The minimum atomic E-state index is 0.118.